The maximum atomic E-state index is 9.01. The lowest BCUT2D eigenvalue weighted by atomic mass is 10.2. The summed E-state index contributed by atoms with van der Waals surface area (Å²) in [7, 11) is 0. The summed E-state index contributed by atoms with van der Waals surface area (Å²) in [6.45, 7) is 0.489. The van der Waals surface area contributed by atoms with Crippen molar-refractivity contribution in [2.45, 2.75) is 11.5 Å². The molecule has 1 aromatic carbocycles. The number of aromatic nitrogens is 3. The third-order valence-corrected chi connectivity index (χ3v) is 4.02. The summed E-state index contributed by atoms with van der Waals surface area (Å²) in [5, 5.41) is 15.7. The molecule has 1 N–H and O–H groups in total. The summed E-state index contributed by atoms with van der Waals surface area (Å²) in [4.78, 5) is 5.54. The van der Waals surface area contributed by atoms with Gasteiger partial charge in [0.15, 0.2) is 0 Å². The van der Waals surface area contributed by atoms with Crippen molar-refractivity contribution in [1.82, 2.24) is 15.2 Å². The molecule has 23 heavy (non-hydrogen) atoms. The Kier molecular flexibility index (Phi) is 4.60. The number of thioether (sulfide) groups is 1. The fourth-order valence-electron chi connectivity index (χ4n) is 2.11. The van der Waals surface area contributed by atoms with Gasteiger partial charge in [0.25, 0.3) is 0 Å². The van der Waals surface area contributed by atoms with Gasteiger partial charge in [0.1, 0.15) is 24.1 Å². The number of aromatic amines is 1. The Morgan fingerprint density at radius 3 is 2.91 bits per heavy atom. The van der Waals surface area contributed by atoms with Gasteiger partial charge in [0.05, 0.1) is 23.7 Å². The number of benzene rings is 1. The Morgan fingerprint density at radius 1 is 1.26 bits per heavy atom. The highest BCUT2D eigenvalue weighted by molar-refractivity contribution is 7.98. The number of hydrogen-bond acceptors (Lipinski definition) is 5. The van der Waals surface area contributed by atoms with E-state index in [-0.39, 0.29) is 0 Å². The van der Waals surface area contributed by atoms with E-state index in [0.29, 0.717) is 29.3 Å². The van der Waals surface area contributed by atoms with Gasteiger partial charge in [-0.3, -0.25) is 10.1 Å². The SMILES string of the molecule is CSc1cccc(COc2ccc(-c3[nH]ncc3C#N)nc2)c1. The van der Waals surface area contributed by atoms with Crippen molar-refractivity contribution in [3.05, 3.63) is 59.9 Å². The zero-order valence-corrected chi connectivity index (χ0v) is 13.3. The van der Waals surface area contributed by atoms with Crippen LogP contribution in [0.4, 0.5) is 0 Å². The topological polar surface area (TPSA) is 74.6 Å². The molecule has 3 rings (SSSR count). The Labute approximate surface area is 138 Å². The normalized spacial score (nSPS) is 10.3. The standard InChI is InChI=1S/C17H14N4OS/c1-23-15-4-2-3-12(7-15)11-22-14-5-6-16(19-10-14)17-13(8-18)9-20-21-17/h2-7,9-10H,11H2,1H3,(H,20,21). The predicted molar refractivity (Wildman–Crippen MR) is 89.1 cm³/mol. The molecular formula is C17H14N4OS. The molecule has 0 fully saturated rings. The second kappa shape index (κ2) is 6.99. The molecule has 0 saturated carbocycles. The Bertz CT molecular complexity index is 836. The molecule has 0 aliphatic heterocycles. The predicted octanol–water partition coefficient (Wildman–Crippen LogP) is 3.64. The van der Waals surface area contributed by atoms with Gasteiger partial charge in [0, 0.05) is 4.90 Å². The molecule has 0 unspecified atom stereocenters. The zero-order valence-electron chi connectivity index (χ0n) is 12.5. The van der Waals surface area contributed by atoms with Crippen LogP contribution >= 0.6 is 11.8 Å². The molecule has 0 radical (unpaired) electrons. The van der Waals surface area contributed by atoms with Crippen LogP contribution in [-0.2, 0) is 6.61 Å². The van der Waals surface area contributed by atoms with Crippen LogP contribution in [0.1, 0.15) is 11.1 Å². The number of pyridine rings is 1. The summed E-state index contributed by atoms with van der Waals surface area (Å²) >= 11 is 1.70. The van der Waals surface area contributed by atoms with Crippen LogP contribution in [0.5, 0.6) is 5.75 Å². The monoisotopic (exact) mass is 322 g/mol. The smallest absolute Gasteiger partial charge is 0.138 e. The number of ether oxygens (including phenoxy) is 1. The highest BCUT2D eigenvalue weighted by Crippen LogP contribution is 2.21. The van der Waals surface area contributed by atoms with Crippen LogP contribution in [0.15, 0.2) is 53.7 Å². The number of nitriles is 1. The van der Waals surface area contributed by atoms with Crippen LogP contribution in [0, 0.1) is 11.3 Å². The van der Waals surface area contributed by atoms with Gasteiger partial charge in [-0.15, -0.1) is 11.8 Å². The zero-order chi connectivity index (χ0) is 16.1. The van der Waals surface area contributed by atoms with E-state index in [2.05, 4.69) is 33.4 Å². The molecule has 0 aliphatic rings. The van der Waals surface area contributed by atoms with Gasteiger partial charge in [-0.2, -0.15) is 10.4 Å². The van der Waals surface area contributed by atoms with Crippen LogP contribution in [0.3, 0.4) is 0 Å². The first-order chi connectivity index (χ1) is 11.3. The van der Waals surface area contributed by atoms with E-state index in [4.69, 9.17) is 10.00 Å². The summed E-state index contributed by atoms with van der Waals surface area (Å²) in [6.07, 6.45) is 5.18. The first-order valence-electron chi connectivity index (χ1n) is 6.96. The quantitative estimate of drug-likeness (QED) is 0.726. The lowest BCUT2D eigenvalue weighted by Crippen LogP contribution is -1.96. The van der Waals surface area contributed by atoms with E-state index in [1.54, 1.807) is 18.0 Å². The fourth-order valence-corrected chi connectivity index (χ4v) is 2.59. The Morgan fingerprint density at radius 2 is 2.17 bits per heavy atom. The van der Waals surface area contributed by atoms with Gasteiger partial charge in [-0.25, -0.2) is 0 Å². The fraction of sp³-hybridized carbons (Fsp3) is 0.118. The van der Waals surface area contributed by atoms with Crippen molar-refractivity contribution in [3.8, 4) is 23.2 Å². The average molecular weight is 322 g/mol. The van der Waals surface area contributed by atoms with E-state index in [9.17, 15) is 0 Å². The molecule has 6 heteroatoms. The van der Waals surface area contributed by atoms with Crippen molar-refractivity contribution in [2.75, 3.05) is 6.26 Å². The van der Waals surface area contributed by atoms with Gasteiger partial charge < -0.3 is 4.74 Å². The number of hydrogen-bond donors (Lipinski definition) is 1. The molecule has 0 aliphatic carbocycles. The molecule has 2 heterocycles. The summed E-state index contributed by atoms with van der Waals surface area (Å²) in [6, 6.07) is 14.0. The third kappa shape index (κ3) is 3.52. The second-order valence-electron chi connectivity index (χ2n) is 4.79. The molecule has 0 spiro atoms. The van der Waals surface area contributed by atoms with E-state index >= 15 is 0 Å². The van der Waals surface area contributed by atoms with Gasteiger partial charge >= 0.3 is 0 Å². The molecule has 0 amide bonds. The van der Waals surface area contributed by atoms with Crippen molar-refractivity contribution in [2.24, 2.45) is 0 Å². The molecule has 0 bridgehead atoms. The molecule has 114 valence electrons. The van der Waals surface area contributed by atoms with Crippen molar-refractivity contribution < 1.29 is 4.74 Å². The van der Waals surface area contributed by atoms with E-state index in [1.165, 1.54) is 11.1 Å². The highest BCUT2D eigenvalue weighted by Gasteiger charge is 2.08. The number of H-pyrrole nitrogens is 1. The first-order valence-corrected chi connectivity index (χ1v) is 8.18. The minimum Gasteiger partial charge on any atom is -0.487 e. The lowest BCUT2D eigenvalue weighted by molar-refractivity contribution is 0.305. The minimum absolute atomic E-state index is 0.472. The van der Waals surface area contributed by atoms with Crippen LogP contribution < -0.4 is 4.74 Å². The highest BCUT2D eigenvalue weighted by atomic mass is 32.2. The molecule has 0 saturated heterocycles. The summed E-state index contributed by atoms with van der Waals surface area (Å²) in [5.74, 6) is 0.682. The summed E-state index contributed by atoms with van der Waals surface area (Å²) < 4.78 is 5.76. The van der Waals surface area contributed by atoms with E-state index in [1.807, 2.05) is 30.5 Å². The largest absolute Gasteiger partial charge is 0.487 e. The molecule has 5 nitrogen and oxygen atoms in total. The molecular weight excluding hydrogens is 308 g/mol. The van der Waals surface area contributed by atoms with Crippen LogP contribution in [-0.4, -0.2) is 21.4 Å². The van der Waals surface area contributed by atoms with Gasteiger partial charge in [0.2, 0.25) is 0 Å². The first kappa shape index (κ1) is 15.1. The third-order valence-electron chi connectivity index (χ3n) is 3.29. The van der Waals surface area contributed by atoms with Gasteiger partial charge in [-0.1, -0.05) is 12.1 Å². The number of nitrogens with zero attached hydrogens (tertiary/aromatic N) is 3. The Balaban J connectivity index is 1.69. The van der Waals surface area contributed by atoms with E-state index in [0.717, 1.165) is 5.56 Å². The second-order valence-corrected chi connectivity index (χ2v) is 5.67. The summed E-state index contributed by atoms with van der Waals surface area (Å²) in [5.41, 5.74) is 2.86. The maximum Gasteiger partial charge on any atom is 0.138 e. The maximum absolute atomic E-state index is 9.01. The molecule has 2 aromatic heterocycles. The minimum atomic E-state index is 0.472. The lowest BCUT2D eigenvalue weighted by Gasteiger charge is -2.07. The molecule has 0 atom stereocenters. The Hall–Kier alpha value is -2.78. The van der Waals surface area contributed by atoms with Gasteiger partial charge in [-0.05, 0) is 36.1 Å². The van der Waals surface area contributed by atoms with Crippen LogP contribution in [0.25, 0.3) is 11.4 Å². The van der Waals surface area contributed by atoms with E-state index < -0.39 is 0 Å². The average Bonchev–Trinajstić information content (AvgIpc) is 3.09. The van der Waals surface area contributed by atoms with Crippen molar-refractivity contribution in [3.63, 3.8) is 0 Å². The number of nitrogens with one attached hydrogen (secondary N) is 1. The van der Waals surface area contributed by atoms with Crippen molar-refractivity contribution in [1.29, 1.82) is 5.26 Å². The van der Waals surface area contributed by atoms with Crippen LogP contribution in [0.2, 0.25) is 0 Å². The number of rotatable bonds is 5. The van der Waals surface area contributed by atoms with Crippen molar-refractivity contribution >= 4 is 11.8 Å². The molecule has 3 aromatic rings.